The Balaban J connectivity index is 1.39. The smallest absolute Gasteiger partial charge is 0.310 e. The Kier molecular flexibility index (Phi) is 4.74. The van der Waals surface area contributed by atoms with Crippen LogP contribution < -0.4 is 15.0 Å². The molecule has 0 spiro atoms. The number of hydrogen-bond donors (Lipinski definition) is 0. The van der Waals surface area contributed by atoms with Crippen LogP contribution in [-0.2, 0) is 29.6 Å². The third-order valence-corrected chi connectivity index (χ3v) is 5.34. The maximum Gasteiger partial charge on any atom is 0.310 e. The Morgan fingerprint density at radius 1 is 1.19 bits per heavy atom. The van der Waals surface area contributed by atoms with E-state index in [0.717, 1.165) is 0 Å². The third kappa shape index (κ3) is 3.36. The molecule has 31 heavy (non-hydrogen) atoms. The molecule has 0 unspecified atom stereocenters. The summed E-state index contributed by atoms with van der Waals surface area (Å²) in [5.41, 5.74) is 1.13. The fraction of sp³-hybridized carbons (Fsp3) is 0.238. The van der Waals surface area contributed by atoms with Gasteiger partial charge in [-0.15, -0.1) is 10.2 Å². The second kappa shape index (κ2) is 7.59. The molecule has 5 rings (SSSR count). The minimum Gasteiger partial charge on any atom is -0.486 e. The Morgan fingerprint density at radius 3 is 2.87 bits per heavy atom. The molecule has 2 aromatic carbocycles. The Labute approximate surface area is 180 Å². The molecule has 1 aliphatic rings. The van der Waals surface area contributed by atoms with E-state index in [1.165, 1.54) is 4.57 Å². The van der Waals surface area contributed by atoms with Gasteiger partial charge in [0, 0.05) is 7.05 Å². The number of para-hydroxylation sites is 1. The molecular weight excluding hydrogens is 424 g/mol. The monoisotopic (exact) mass is 440 g/mol. The van der Waals surface area contributed by atoms with E-state index in [2.05, 4.69) is 10.2 Å². The SMILES string of the molecule is Cn1c(=O)c2ccccc2n2c(COC(=O)Cc3cc(Cl)c4c(c3)OCCO4)nnc12. The molecule has 0 fully saturated rings. The van der Waals surface area contributed by atoms with Gasteiger partial charge in [0.2, 0.25) is 5.78 Å². The minimum absolute atomic E-state index is 0.00628. The molecular formula is C21H17ClN4O5. The van der Waals surface area contributed by atoms with Crippen LogP contribution in [0.15, 0.2) is 41.2 Å². The van der Waals surface area contributed by atoms with Crippen molar-refractivity contribution in [1.29, 1.82) is 0 Å². The van der Waals surface area contributed by atoms with E-state index in [9.17, 15) is 9.59 Å². The molecule has 4 aromatic rings. The van der Waals surface area contributed by atoms with Crippen molar-refractivity contribution in [3.63, 3.8) is 0 Å². The van der Waals surface area contributed by atoms with Gasteiger partial charge < -0.3 is 14.2 Å². The highest BCUT2D eigenvalue weighted by molar-refractivity contribution is 6.32. The first-order valence-corrected chi connectivity index (χ1v) is 9.96. The van der Waals surface area contributed by atoms with E-state index >= 15 is 0 Å². The third-order valence-electron chi connectivity index (χ3n) is 5.06. The summed E-state index contributed by atoms with van der Waals surface area (Å²) in [6.45, 7) is 0.759. The summed E-state index contributed by atoms with van der Waals surface area (Å²) in [6, 6.07) is 10.5. The molecule has 0 bridgehead atoms. The first-order valence-electron chi connectivity index (χ1n) is 9.58. The minimum atomic E-state index is -0.460. The number of benzene rings is 2. The largest absolute Gasteiger partial charge is 0.486 e. The van der Waals surface area contributed by atoms with E-state index in [1.807, 2.05) is 6.07 Å². The Bertz CT molecular complexity index is 1390. The number of hydrogen-bond acceptors (Lipinski definition) is 7. The van der Waals surface area contributed by atoms with Crippen LogP contribution >= 0.6 is 11.6 Å². The molecule has 0 saturated carbocycles. The molecule has 0 saturated heterocycles. The highest BCUT2D eigenvalue weighted by Gasteiger charge is 2.19. The predicted molar refractivity (Wildman–Crippen MR) is 112 cm³/mol. The number of fused-ring (bicyclic) bond motifs is 4. The van der Waals surface area contributed by atoms with Crippen molar-refractivity contribution in [2.75, 3.05) is 13.2 Å². The van der Waals surface area contributed by atoms with E-state index < -0.39 is 5.97 Å². The van der Waals surface area contributed by atoms with Gasteiger partial charge in [0.25, 0.3) is 5.56 Å². The number of carbonyl (C=O) groups excluding carboxylic acids is 1. The van der Waals surface area contributed by atoms with Crippen LogP contribution in [0.2, 0.25) is 5.02 Å². The molecule has 158 valence electrons. The second-order valence-electron chi connectivity index (χ2n) is 7.07. The van der Waals surface area contributed by atoms with Crippen LogP contribution in [0.4, 0.5) is 0 Å². The van der Waals surface area contributed by atoms with Gasteiger partial charge >= 0.3 is 5.97 Å². The molecule has 0 N–H and O–H groups in total. The Hall–Kier alpha value is -3.59. The van der Waals surface area contributed by atoms with E-state index in [4.69, 9.17) is 25.8 Å². The zero-order valence-electron chi connectivity index (χ0n) is 16.5. The van der Waals surface area contributed by atoms with Crippen LogP contribution in [0.25, 0.3) is 16.7 Å². The number of esters is 1. The summed E-state index contributed by atoms with van der Waals surface area (Å²) >= 11 is 6.23. The summed E-state index contributed by atoms with van der Waals surface area (Å²) in [6.07, 6.45) is 0.00628. The Morgan fingerprint density at radius 2 is 2.00 bits per heavy atom. The number of carbonyl (C=O) groups is 1. The van der Waals surface area contributed by atoms with E-state index in [1.54, 1.807) is 41.8 Å². The highest BCUT2D eigenvalue weighted by Crippen LogP contribution is 2.38. The predicted octanol–water partition coefficient (Wildman–Crippen LogP) is 2.29. The summed E-state index contributed by atoms with van der Waals surface area (Å²) < 4.78 is 19.6. The van der Waals surface area contributed by atoms with Gasteiger partial charge in [-0.05, 0) is 29.8 Å². The van der Waals surface area contributed by atoms with Crippen LogP contribution in [-0.4, -0.2) is 38.3 Å². The standard InChI is InChI=1S/C21H17ClN4O5/c1-25-20(28)13-4-2-3-5-15(13)26-17(23-24-21(25)26)11-31-18(27)10-12-8-14(22)19-16(9-12)29-6-7-30-19/h2-5,8-9H,6-7,10-11H2,1H3. The van der Waals surface area contributed by atoms with Crippen LogP contribution in [0, 0.1) is 0 Å². The van der Waals surface area contributed by atoms with E-state index in [0.29, 0.717) is 57.8 Å². The second-order valence-corrected chi connectivity index (χ2v) is 7.48. The first-order chi connectivity index (χ1) is 15.0. The normalized spacial score (nSPS) is 13.0. The van der Waals surface area contributed by atoms with E-state index in [-0.39, 0.29) is 18.6 Å². The molecule has 3 heterocycles. The summed E-state index contributed by atoms with van der Waals surface area (Å²) in [5, 5.41) is 9.11. The fourth-order valence-corrected chi connectivity index (χ4v) is 3.90. The number of ether oxygens (including phenoxy) is 3. The van der Waals surface area contributed by atoms with Crippen molar-refractivity contribution in [3.8, 4) is 11.5 Å². The maximum absolute atomic E-state index is 12.5. The number of aryl methyl sites for hydroxylation is 1. The number of aromatic nitrogens is 4. The summed E-state index contributed by atoms with van der Waals surface area (Å²) in [5.74, 6) is 1.32. The molecule has 2 aromatic heterocycles. The summed E-state index contributed by atoms with van der Waals surface area (Å²) in [7, 11) is 1.63. The van der Waals surface area contributed by atoms with Crippen molar-refractivity contribution in [2.45, 2.75) is 13.0 Å². The average molecular weight is 441 g/mol. The van der Waals surface area contributed by atoms with Crippen LogP contribution in [0.3, 0.4) is 0 Å². The van der Waals surface area contributed by atoms with Gasteiger partial charge in [-0.2, -0.15) is 0 Å². The molecule has 1 aliphatic heterocycles. The van der Waals surface area contributed by atoms with Gasteiger partial charge in [-0.1, -0.05) is 23.7 Å². The maximum atomic E-state index is 12.5. The lowest BCUT2D eigenvalue weighted by atomic mass is 10.1. The number of nitrogens with zero attached hydrogens (tertiary/aromatic N) is 4. The van der Waals surface area contributed by atoms with Gasteiger partial charge in [0.1, 0.15) is 13.2 Å². The van der Waals surface area contributed by atoms with Crippen LogP contribution in [0.5, 0.6) is 11.5 Å². The molecule has 9 nitrogen and oxygen atoms in total. The number of halogens is 1. The van der Waals surface area contributed by atoms with Crippen molar-refractivity contribution in [2.24, 2.45) is 7.05 Å². The van der Waals surface area contributed by atoms with Crippen molar-refractivity contribution >= 4 is 34.3 Å². The molecule has 0 atom stereocenters. The van der Waals surface area contributed by atoms with Gasteiger partial charge in [-0.25, -0.2) is 0 Å². The van der Waals surface area contributed by atoms with Crippen molar-refractivity contribution in [1.82, 2.24) is 19.2 Å². The van der Waals surface area contributed by atoms with Gasteiger partial charge in [-0.3, -0.25) is 18.6 Å². The van der Waals surface area contributed by atoms with Crippen molar-refractivity contribution in [3.05, 3.63) is 63.2 Å². The van der Waals surface area contributed by atoms with Crippen LogP contribution in [0.1, 0.15) is 11.4 Å². The number of rotatable bonds is 4. The zero-order chi connectivity index (χ0) is 21.5. The van der Waals surface area contributed by atoms with Gasteiger partial charge in [0.15, 0.2) is 23.9 Å². The summed E-state index contributed by atoms with van der Waals surface area (Å²) in [4.78, 5) is 25.0. The lowest BCUT2D eigenvalue weighted by Gasteiger charge is -2.20. The molecule has 0 radical (unpaired) electrons. The van der Waals surface area contributed by atoms with Crippen molar-refractivity contribution < 1.29 is 19.0 Å². The quantitative estimate of drug-likeness (QED) is 0.449. The molecule has 0 aliphatic carbocycles. The van der Waals surface area contributed by atoms with Gasteiger partial charge in [0.05, 0.1) is 22.3 Å². The fourth-order valence-electron chi connectivity index (χ4n) is 3.61. The lowest BCUT2D eigenvalue weighted by Crippen LogP contribution is -2.20. The lowest BCUT2D eigenvalue weighted by molar-refractivity contribution is -0.144. The first kappa shape index (κ1) is 19.4. The highest BCUT2D eigenvalue weighted by atomic mass is 35.5. The average Bonchev–Trinajstić information content (AvgIpc) is 3.20. The molecule has 0 amide bonds. The molecule has 10 heteroatoms. The topological polar surface area (TPSA) is 97.0 Å². The zero-order valence-corrected chi connectivity index (χ0v) is 17.3.